The van der Waals surface area contributed by atoms with Gasteiger partial charge in [-0.3, -0.25) is 0 Å². The Kier molecular flexibility index (Phi) is 5.91. The summed E-state index contributed by atoms with van der Waals surface area (Å²) in [7, 11) is 0. The number of ether oxygens (including phenoxy) is 1. The first kappa shape index (κ1) is 17.3. The van der Waals surface area contributed by atoms with E-state index in [1.54, 1.807) is 0 Å². The first-order chi connectivity index (χ1) is 9.08. The molecule has 1 rings (SSSR count). The van der Waals surface area contributed by atoms with E-state index in [1.165, 1.54) is 0 Å². The van der Waals surface area contributed by atoms with Crippen LogP contribution in [0.1, 0.15) is 53.5 Å². The number of halogens is 1. The Morgan fingerprint density at radius 1 is 1.10 bits per heavy atom. The smallest absolute Gasteiger partial charge is 0.142 e. The lowest BCUT2D eigenvalue weighted by atomic mass is 9.93. The number of benzene rings is 1. The maximum atomic E-state index is 6.28. The minimum Gasteiger partial charge on any atom is -0.492 e. The third-order valence-corrected chi connectivity index (χ3v) is 3.25. The van der Waals surface area contributed by atoms with Gasteiger partial charge >= 0.3 is 0 Å². The molecule has 0 aromatic heterocycles. The number of para-hydroxylation sites is 1. The van der Waals surface area contributed by atoms with Gasteiger partial charge in [-0.2, -0.15) is 0 Å². The van der Waals surface area contributed by atoms with Crippen molar-refractivity contribution < 1.29 is 4.74 Å². The van der Waals surface area contributed by atoms with Crippen LogP contribution in [0, 0.1) is 5.41 Å². The van der Waals surface area contributed by atoms with Crippen LogP contribution >= 0.6 is 11.6 Å². The molecular formula is C17H28ClNO. The zero-order chi connectivity index (χ0) is 15.4. The average molecular weight is 298 g/mol. The molecule has 0 bridgehead atoms. The lowest BCUT2D eigenvalue weighted by molar-refractivity contribution is 0.240. The van der Waals surface area contributed by atoms with Crippen LogP contribution in [0.2, 0.25) is 5.02 Å². The highest BCUT2D eigenvalue weighted by Gasteiger charge is 2.15. The summed E-state index contributed by atoms with van der Waals surface area (Å²) in [4.78, 5) is 0. The Labute approximate surface area is 128 Å². The molecular weight excluding hydrogens is 270 g/mol. The maximum absolute atomic E-state index is 6.28. The molecule has 1 aromatic carbocycles. The van der Waals surface area contributed by atoms with Crippen molar-refractivity contribution >= 4 is 11.6 Å². The summed E-state index contributed by atoms with van der Waals surface area (Å²) in [6.07, 6.45) is 1.00. The average Bonchev–Trinajstić information content (AvgIpc) is 2.26. The maximum Gasteiger partial charge on any atom is 0.142 e. The highest BCUT2D eigenvalue weighted by molar-refractivity contribution is 6.32. The van der Waals surface area contributed by atoms with Crippen molar-refractivity contribution in [1.29, 1.82) is 0 Å². The Morgan fingerprint density at radius 3 is 2.30 bits per heavy atom. The van der Waals surface area contributed by atoms with Gasteiger partial charge in [0.05, 0.1) is 11.6 Å². The molecule has 0 saturated carbocycles. The standard InChI is InChI=1S/C17H28ClNO/c1-16(2,3)10-11-20-15-13(8-7-9-14(15)18)12-19-17(4,5)6/h7-9,19H,10-12H2,1-6H3. The molecule has 3 heteroatoms. The van der Waals surface area contributed by atoms with Crippen LogP contribution in [0.25, 0.3) is 0 Å². The zero-order valence-corrected chi connectivity index (χ0v) is 14.4. The van der Waals surface area contributed by atoms with Gasteiger partial charge in [-0.1, -0.05) is 44.5 Å². The van der Waals surface area contributed by atoms with Gasteiger partial charge in [-0.05, 0) is 38.7 Å². The predicted molar refractivity (Wildman–Crippen MR) is 87.6 cm³/mol. The predicted octanol–water partition coefficient (Wildman–Crippen LogP) is 5.04. The summed E-state index contributed by atoms with van der Waals surface area (Å²) in [5.74, 6) is 0.815. The molecule has 0 atom stereocenters. The lowest BCUT2D eigenvalue weighted by Crippen LogP contribution is -2.35. The molecule has 1 aromatic rings. The third kappa shape index (κ3) is 6.62. The van der Waals surface area contributed by atoms with Crippen molar-refractivity contribution in [3.05, 3.63) is 28.8 Å². The summed E-state index contributed by atoms with van der Waals surface area (Å²) in [5, 5.41) is 4.16. The van der Waals surface area contributed by atoms with E-state index in [0.29, 0.717) is 11.6 Å². The number of nitrogens with one attached hydrogen (secondary N) is 1. The van der Waals surface area contributed by atoms with Gasteiger partial charge in [0.15, 0.2) is 0 Å². The SMILES string of the molecule is CC(C)(C)CCOc1c(Cl)cccc1CNC(C)(C)C. The molecule has 0 saturated heterocycles. The van der Waals surface area contributed by atoms with Crippen LogP contribution in [-0.2, 0) is 6.54 Å². The van der Waals surface area contributed by atoms with E-state index in [9.17, 15) is 0 Å². The molecule has 2 nitrogen and oxygen atoms in total. The monoisotopic (exact) mass is 297 g/mol. The zero-order valence-electron chi connectivity index (χ0n) is 13.6. The molecule has 20 heavy (non-hydrogen) atoms. The van der Waals surface area contributed by atoms with Crippen molar-refractivity contribution in [2.24, 2.45) is 5.41 Å². The van der Waals surface area contributed by atoms with Crippen LogP contribution in [0.3, 0.4) is 0 Å². The number of hydrogen-bond acceptors (Lipinski definition) is 2. The second-order valence-electron chi connectivity index (χ2n) is 7.49. The van der Waals surface area contributed by atoms with Crippen molar-refractivity contribution in [2.75, 3.05) is 6.61 Å². The molecule has 0 heterocycles. The van der Waals surface area contributed by atoms with Gasteiger partial charge in [0, 0.05) is 17.6 Å². The summed E-state index contributed by atoms with van der Waals surface area (Å²) in [6, 6.07) is 5.92. The summed E-state index contributed by atoms with van der Waals surface area (Å²) in [5.41, 5.74) is 1.46. The minimum absolute atomic E-state index is 0.0744. The van der Waals surface area contributed by atoms with Gasteiger partial charge in [0.1, 0.15) is 5.75 Å². The van der Waals surface area contributed by atoms with Crippen molar-refractivity contribution in [3.8, 4) is 5.75 Å². The van der Waals surface area contributed by atoms with E-state index in [-0.39, 0.29) is 11.0 Å². The number of rotatable bonds is 5. The Balaban J connectivity index is 2.73. The van der Waals surface area contributed by atoms with E-state index >= 15 is 0 Å². The van der Waals surface area contributed by atoms with Crippen molar-refractivity contribution in [3.63, 3.8) is 0 Å². The number of hydrogen-bond donors (Lipinski definition) is 1. The van der Waals surface area contributed by atoms with Gasteiger partial charge < -0.3 is 10.1 Å². The van der Waals surface area contributed by atoms with Crippen molar-refractivity contribution in [2.45, 2.75) is 60.0 Å². The first-order valence-corrected chi connectivity index (χ1v) is 7.61. The van der Waals surface area contributed by atoms with E-state index in [4.69, 9.17) is 16.3 Å². The topological polar surface area (TPSA) is 21.3 Å². The van der Waals surface area contributed by atoms with E-state index in [0.717, 1.165) is 24.3 Å². The fourth-order valence-electron chi connectivity index (χ4n) is 1.67. The van der Waals surface area contributed by atoms with Crippen LogP contribution in [-0.4, -0.2) is 12.1 Å². The molecule has 0 aliphatic heterocycles. The first-order valence-electron chi connectivity index (χ1n) is 7.24. The minimum atomic E-state index is 0.0744. The van der Waals surface area contributed by atoms with E-state index in [1.807, 2.05) is 12.1 Å². The summed E-state index contributed by atoms with van der Waals surface area (Å²) < 4.78 is 5.94. The van der Waals surface area contributed by atoms with Crippen LogP contribution < -0.4 is 10.1 Å². The molecule has 0 aliphatic carbocycles. The van der Waals surface area contributed by atoms with Gasteiger partial charge in [0.2, 0.25) is 0 Å². The lowest BCUT2D eigenvalue weighted by Gasteiger charge is -2.23. The quantitative estimate of drug-likeness (QED) is 0.822. The molecule has 0 unspecified atom stereocenters. The Hall–Kier alpha value is -0.730. The fraction of sp³-hybridized carbons (Fsp3) is 0.647. The highest BCUT2D eigenvalue weighted by atomic mass is 35.5. The van der Waals surface area contributed by atoms with E-state index in [2.05, 4.69) is 52.9 Å². The summed E-state index contributed by atoms with van der Waals surface area (Å²) in [6.45, 7) is 14.5. The second-order valence-corrected chi connectivity index (χ2v) is 7.90. The van der Waals surface area contributed by atoms with Gasteiger partial charge in [0.25, 0.3) is 0 Å². The Morgan fingerprint density at radius 2 is 1.75 bits per heavy atom. The van der Waals surface area contributed by atoms with Crippen LogP contribution in [0.15, 0.2) is 18.2 Å². The molecule has 0 fully saturated rings. The molecule has 1 N–H and O–H groups in total. The molecule has 0 aliphatic rings. The third-order valence-electron chi connectivity index (χ3n) is 2.96. The van der Waals surface area contributed by atoms with Crippen molar-refractivity contribution in [1.82, 2.24) is 5.32 Å². The van der Waals surface area contributed by atoms with Crippen LogP contribution in [0.5, 0.6) is 5.75 Å². The Bertz CT molecular complexity index is 430. The molecule has 0 amide bonds. The van der Waals surface area contributed by atoms with E-state index < -0.39 is 0 Å². The summed E-state index contributed by atoms with van der Waals surface area (Å²) >= 11 is 6.28. The highest BCUT2D eigenvalue weighted by Crippen LogP contribution is 2.30. The van der Waals surface area contributed by atoms with Gasteiger partial charge in [-0.25, -0.2) is 0 Å². The largest absolute Gasteiger partial charge is 0.492 e. The molecule has 0 radical (unpaired) electrons. The second kappa shape index (κ2) is 6.82. The van der Waals surface area contributed by atoms with Gasteiger partial charge in [-0.15, -0.1) is 0 Å². The van der Waals surface area contributed by atoms with Crippen LogP contribution in [0.4, 0.5) is 0 Å². The molecule has 0 spiro atoms. The fourth-order valence-corrected chi connectivity index (χ4v) is 1.92. The normalized spacial score (nSPS) is 12.6. The molecule has 114 valence electrons.